The van der Waals surface area contributed by atoms with Gasteiger partial charge in [-0.15, -0.1) is 0 Å². The van der Waals surface area contributed by atoms with Crippen LogP contribution in [0.25, 0.3) is 9.30 Å². The first-order valence-corrected chi connectivity index (χ1v) is 20.7. The molecule has 2 nitrogen and oxygen atoms in total. The summed E-state index contributed by atoms with van der Waals surface area (Å²) in [7, 11) is -4.42. The van der Waals surface area contributed by atoms with E-state index in [9.17, 15) is 0 Å². The van der Waals surface area contributed by atoms with Crippen molar-refractivity contribution in [2.24, 2.45) is 0 Å². The zero-order valence-electron chi connectivity index (χ0n) is 16.9. The number of hydrogen-bond acceptors (Lipinski definition) is 0. The monoisotopic (exact) mass is 398 g/mol. The van der Waals surface area contributed by atoms with Crippen LogP contribution < -0.4 is 103 Å². The van der Waals surface area contributed by atoms with E-state index in [1.165, 1.54) is 0 Å². The summed E-state index contributed by atoms with van der Waals surface area (Å²) in [5, 5.41) is 0. The second kappa shape index (κ2) is 12.4. The van der Waals surface area contributed by atoms with Gasteiger partial charge in [-0.2, -0.15) is 0 Å². The van der Waals surface area contributed by atoms with E-state index in [4.69, 9.17) is 9.30 Å². The fraction of sp³-hybridized carbons (Fsp3) is 1.00. The molecule has 0 amide bonds. The van der Waals surface area contributed by atoms with Crippen LogP contribution >= 0.6 is 0 Å². The third kappa shape index (κ3) is 37.9. The van der Waals surface area contributed by atoms with Gasteiger partial charge in [0, 0.05) is 0 Å². The molecule has 112 valence electrons. The molecule has 8 heteroatoms. The Morgan fingerprint density at radius 2 is 0.450 bits per heavy atom. The molecule has 0 aliphatic carbocycles. The molecule has 0 atom stereocenters. The summed E-state index contributed by atoms with van der Waals surface area (Å²) in [5.41, 5.74) is 0. The van der Waals surface area contributed by atoms with Crippen LogP contribution in [0.5, 0.6) is 0 Å². The molecule has 0 unspecified atom stereocenters. The van der Waals surface area contributed by atoms with Crippen LogP contribution in [-0.2, 0) is 0 Å². The third-order valence-electron chi connectivity index (χ3n) is 1.34. The molecule has 0 aliphatic heterocycles. The van der Waals surface area contributed by atoms with Crippen LogP contribution in [0, 0.1) is 0 Å². The van der Waals surface area contributed by atoms with E-state index in [-0.39, 0.29) is 103 Å². The van der Waals surface area contributed by atoms with E-state index in [2.05, 4.69) is 78.6 Å². The molecule has 0 aliphatic rings. The Hall–Kier alpha value is 4.06. The molecule has 20 heavy (non-hydrogen) atoms. The molecule has 0 saturated heterocycles. The van der Waals surface area contributed by atoms with Crippen molar-refractivity contribution >= 4 is 32.9 Å². The van der Waals surface area contributed by atoms with Gasteiger partial charge in [-0.25, -0.2) is 0 Å². The summed E-state index contributed by atoms with van der Waals surface area (Å²) in [6, 6.07) is 0. The summed E-state index contributed by atoms with van der Waals surface area (Å²) >= 11 is 0. The molecule has 0 heterocycles. The summed E-state index contributed by atoms with van der Waals surface area (Å²) in [6.45, 7) is 27.6. The van der Waals surface area contributed by atoms with Crippen molar-refractivity contribution in [3.63, 3.8) is 0 Å². The van der Waals surface area contributed by atoms with Crippen molar-refractivity contribution < 1.29 is 103 Å². The number of nitrogens with zero attached hydrogens (tertiary/aromatic N) is 2. The van der Waals surface area contributed by atoms with E-state index < -0.39 is 32.9 Å². The topological polar surface area (TPSA) is 28.2 Å². The standard InChI is InChI=1S/2C6H18NSi2.2K/c2*1-8(2,3)7-9(4,5)6;;/h2*1-6H3;;/q2*-1;2*+1. The van der Waals surface area contributed by atoms with Crippen molar-refractivity contribution in [1.29, 1.82) is 0 Å². The van der Waals surface area contributed by atoms with E-state index in [0.29, 0.717) is 0 Å². The second-order valence-corrected chi connectivity index (χ2v) is 28.1. The SMILES string of the molecule is C[Si](C)(C)[N-][Si](C)(C)C.C[Si](C)(C)[N-][Si](C)(C)C.[K+].[K+]. The normalized spacial score (nSPS) is 12.6. The van der Waals surface area contributed by atoms with Crippen molar-refractivity contribution in [1.82, 2.24) is 0 Å². The predicted octanol–water partition coefficient (Wildman–Crippen LogP) is 0.0678. The first kappa shape index (κ1) is 31.8. The molecule has 0 rings (SSSR count). The van der Waals surface area contributed by atoms with E-state index in [1.807, 2.05) is 0 Å². The Morgan fingerprint density at radius 3 is 0.450 bits per heavy atom. The summed E-state index contributed by atoms with van der Waals surface area (Å²) in [4.78, 5) is 0. The van der Waals surface area contributed by atoms with Gasteiger partial charge in [-0.05, 0) is 0 Å². The molecule has 0 saturated carbocycles. The smallest absolute Gasteiger partial charge is 0.668 e. The first-order chi connectivity index (χ1) is 7.41. The van der Waals surface area contributed by atoms with E-state index in [0.717, 1.165) is 0 Å². The minimum absolute atomic E-state index is 0. The Labute approximate surface area is 219 Å². The number of rotatable bonds is 4. The maximum Gasteiger partial charge on any atom is 1.00 e. The van der Waals surface area contributed by atoms with Crippen molar-refractivity contribution in [2.45, 2.75) is 78.6 Å². The molecule has 0 spiro atoms. The summed E-state index contributed by atoms with van der Waals surface area (Å²) < 4.78 is 9.64. The number of hydrogen-bond donors (Lipinski definition) is 0. The maximum absolute atomic E-state index is 4.82. The molecular weight excluding hydrogens is 363 g/mol. The zero-order valence-corrected chi connectivity index (χ0v) is 27.1. The fourth-order valence-corrected chi connectivity index (χ4v) is 18.1. The quantitative estimate of drug-likeness (QED) is 0.599. The van der Waals surface area contributed by atoms with E-state index >= 15 is 0 Å². The van der Waals surface area contributed by atoms with Crippen molar-refractivity contribution in [3.05, 3.63) is 9.30 Å². The van der Waals surface area contributed by atoms with Crippen molar-refractivity contribution in [2.75, 3.05) is 0 Å². The molecule has 0 aromatic heterocycles. The molecule has 0 radical (unpaired) electrons. The molecule has 0 bridgehead atoms. The molecule has 0 fully saturated rings. The Kier molecular flexibility index (Phi) is 19.7. The van der Waals surface area contributed by atoms with Gasteiger partial charge in [0.05, 0.1) is 0 Å². The Morgan fingerprint density at radius 1 is 0.350 bits per heavy atom. The van der Waals surface area contributed by atoms with Gasteiger partial charge in [-0.1, -0.05) is 112 Å². The van der Waals surface area contributed by atoms with Crippen molar-refractivity contribution in [3.8, 4) is 0 Å². The minimum atomic E-state index is -1.11. The third-order valence-corrected chi connectivity index (χ3v) is 12.1. The summed E-state index contributed by atoms with van der Waals surface area (Å²) in [5.74, 6) is 0. The molecule has 0 aromatic carbocycles. The molecule has 0 aromatic rings. The van der Waals surface area contributed by atoms with Gasteiger partial charge < -0.3 is 9.30 Å². The second-order valence-electron chi connectivity index (χ2n) is 8.91. The van der Waals surface area contributed by atoms with Gasteiger partial charge in [0.25, 0.3) is 0 Å². The van der Waals surface area contributed by atoms with Crippen LogP contribution in [-0.4, -0.2) is 32.9 Å². The van der Waals surface area contributed by atoms with Crippen LogP contribution in [0.2, 0.25) is 78.6 Å². The van der Waals surface area contributed by atoms with Crippen LogP contribution in [0.1, 0.15) is 0 Å². The fourth-order valence-electron chi connectivity index (χ4n) is 2.01. The maximum atomic E-state index is 4.82. The molecule has 0 N–H and O–H groups in total. The van der Waals surface area contributed by atoms with Crippen LogP contribution in [0.3, 0.4) is 0 Å². The Bertz CT molecular complexity index is 188. The van der Waals surface area contributed by atoms with Crippen LogP contribution in [0.4, 0.5) is 0 Å². The largest absolute Gasteiger partial charge is 1.00 e. The van der Waals surface area contributed by atoms with Crippen LogP contribution in [0.15, 0.2) is 0 Å². The average molecular weight is 399 g/mol. The van der Waals surface area contributed by atoms with Gasteiger partial charge in [-0.3, -0.25) is 0 Å². The van der Waals surface area contributed by atoms with E-state index in [1.54, 1.807) is 0 Å². The van der Waals surface area contributed by atoms with Gasteiger partial charge in [0.15, 0.2) is 0 Å². The minimum Gasteiger partial charge on any atom is -0.668 e. The van der Waals surface area contributed by atoms with Gasteiger partial charge in [0.2, 0.25) is 0 Å². The predicted molar refractivity (Wildman–Crippen MR) is 100 cm³/mol. The zero-order chi connectivity index (χ0) is 15.4. The average Bonchev–Trinajstić information content (AvgIpc) is 1.64. The first-order valence-electron chi connectivity index (χ1n) is 6.89. The van der Waals surface area contributed by atoms with Gasteiger partial charge in [0.1, 0.15) is 0 Å². The molecular formula is C12H36K2N2Si4. The van der Waals surface area contributed by atoms with Gasteiger partial charge >= 0.3 is 103 Å². The Balaban J connectivity index is -0.000000116. The summed E-state index contributed by atoms with van der Waals surface area (Å²) in [6.07, 6.45) is 0.